The Morgan fingerprint density at radius 2 is 1.78 bits per heavy atom. The summed E-state index contributed by atoms with van der Waals surface area (Å²) in [5.41, 5.74) is -0.0647. The lowest BCUT2D eigenvalue weighted by Gasteiger charge is -2.12. The van der Waals surface area contributed by atoms with Crippen molar-refractivity contribution in [3.63, 3.8) is 0 Å². The summed E-state index contributed by atoms with van der Waals surface area (Å²) in [4.78, 5) is 26.7. The van der Waals surface area contributed by atoms with Crippen molar-refractivity contribution in [2.24, 2.45) is 0 Å². The van der Waals surface area contributed by atoms with E-state index in [1.165, 1.54) is 32.6 Å². The minimum atomic E-state index is -0.356. The van der Waals surface area contributed by atoms with Crippen LogP contribution in [-0.2, 0) is 13.1 Å². The summed E-state index contributed by atoms with van der Waals surface area (Å²) in [7, 11) is 0. The Balaban J connectivity index is 1.84. The zero-order valence-corrected chi connectivity index (χ0v) is 14.3. The summed E-state index contributed by atoms with van der Waals surface area (Å²) in [5, 5.41) is 27.9. The van der Waals surface area contributed by atoms with E-state index in [1.54, 1.807) is 13.0 Å². The number of rotatable bonds is 5. The van der Waals surface area contributed by atoms with Gasteiger partial charge in [-0.3, -0.25) is 9.59 Å². The Hall–Kier alpha value is -3.83. The van der Waals surface area contributed by atoms with Gasteiger partial charge in [-0.25, -0.2) is 9.36 Å². The summed E-state index contributed by atoms with van der Waals surface area (Å²) >= 11 is 0. The third-order valence-electron chi connectivity index (χ3n) is 4.07. The fourth-order valence-electron chi connectivity index (χ4n) is 2.74. The van der Waals surface area contributed by atoms with Crippen LogP contribution in [0.3, 0.4) is 0 Å². The van der Waals surface area contributed by atoms with Crippen LogP contribution in [0.1, 0.15) is 13.0 Å². The minimum Gasteiger partial charge on any atom is -0.267 e. The molecule has 27 heavy (non-hydrogen) atoms. The number of nitrogens with zero attached hydrogens (tertiary/aromatic N) is 10. The Kier molecular flexibility index (Phi) is 3.99. The summed E-state index contributed by atoms with van der Waals surface area (Å²) in [6, 6.07) is 2.65. The summed E-state index contributed by atoms with van der Waals surface area (Å²) in [6.07, 6.45) is 2.86. The van der Waals surface area contributed by atoms with Crippen LogP contribution in [0.4, 0.5) is 0 Å². The summed E-state index contributed by atoms with van der Waals surface area (Å²) in [6.45, 7) is 5.92. The van der Waals surface area contributed by atoms with Crippen LogP contribution in [-0.4, -0.2) is 50.2 Å². The van der Waals surface area contributed by atoms with Gasteiger partial charge in [0.05, 0.1) is 29.9 Å². The first-order chi connectivity index (χ1) is 13.1. The maximum Gasteiger partial charge on any atom is 0.277 e. The molecule has 4 rings (SSSR count). The number of allylic oxidation sites excluding steroid dienone is 1. The average Bonchev–Trinajstić information content (AvgIpc) is 3.17. The fourth-order valence-corrected chi connectivity index (χ4v) is 2.74. The van der Waals surface area contributed by atoms with Crippen molar-refractivity contribution >= 4 is 21.8 Å². The maximum absolute atomic E-state index is 12.8. The zero-order chi connectivity index (χ0) is 19.0. The van der Waals surface area contributed by atoms with E-state index in [-0.39, 0.29) is 23.7 Å². The molecule has 0 radical (unpaired) electrons. The van der Waals surface area contributed by atoms with E-state index in [0.717, 1.165) is 0 Å². The smallest absolute Gasteiger partial charge is 0.267 e. The van der Waals surface area contributed by atoms with E-state index in [9.17, 15) is 9.59 Å². The molecule has 1 atom stereocenters. The number of benzene rings is 1. The topological polar surface area (TPSA) is 139 Å². The maximum atomic E-state index is 12.8. The molecule has 12 nitrogen and oxygen atoms in total. The van der Waals surface area contributed by atoms with E-state index in [1.807, 2.05) is 0 Å². The molecule has 3 heterocycles. The minimum absolute atomic E-state index is 0.237. The van der Waals surface area contributed by atoms with E-state index >= 15 is 0 Å². The normalized spacial score (nSPS) is 12.5. The highest BCUT2D eigenvalue weighted by molar-refractivity contribution is 5.93. The monoisotopic (exact) mass is 366 g/mol. The first-order valence-corrected chi connectivity index (χ1v) is 8.07. The molecule has 0 saturated carbocycles. The Labute approximate surface area is 150 Å². The highest BCUT2D eigenvalue weighted by atomic mass is 16.1. The molecule has 0 fully saturated rings. The van der Waals surface area contributed by atoms with Crippen molar-refractivity contribution < 1.29 is 0 Å². The van der Waals surface area contributed by atoms with Gasteiger partial charge in [-0.05, 0) is 24.3 Å². The Morgan fingerprint density at radius 3 is 2.44 bits per heavy atom. The predicted octanol–water partition coefficient (Wildman–Crippen LogP) is -0.670. The highest BCUT2D eigenvalue weighted by Crippen LogP contribution is 2.14. The quantitative estimate of drug-likeness (QED) is 0.332. The fraction of sp³-hybridized carbons (Fsp3) is 0.267. The number of tetrazole rings is 1. The molecule has 0 bridgehead atoms. The van der Waals surface area contributed by atoms with Crippen LogP contribution in [0.5, 0.6) is 0 Å². The van der Waals surface area contributed by atoms with Crippen LogP contribution in [0.15, 0.2) is 40.7 Å². The zero-order valence-electron chi connectivity index (χ0n) is 14.3. The number of fused-ring (bicyclic) bond motifs is 2. The van der Waals surface area contributed by atoms with Crippen LogP contribution in [0, 0.1) is 0 Å². The van der Waals surface area contributed by atoms with E-state index in [0.29, 0.717) is 28.4 Å². The summed E-state index contributed by atoms with van der Waals surface area (Å²) < 4.78 is 2.42. The first kappa shape index (κ1) is 16.6. The SMILES string of the molecule is C=CCn1nnc2cc3c(=O)n([C@H](C)Cn4ncnn4)nnc3cc2c1=O. The van der Waals surface area contributed by atoms with Gasteiger partial charge >= 0.3 is 0 Å². The molecule has 0 N–H and O–H groups in total. The van der Waals surface area contributed by atoms with E-state index < -0.39 is 0 Å². The molecule has 3 aromatic heterocycles. The van der Waals surface area contributed by atoms with Gasteiger partial charge in [0, 0.05) is 0 Å². The van der Waals surface area contributed by atoms with Crippen molar-refractivity contribution in [1.29, 1.82) is 0 Å². The van der Waals surface area contributed by atoms with E-state index in [4.69, 9.17) is 0 Å². The average molecular weight is 366 g/mol. The van der Waals surface area contributed by atoms with Gasteiger partial charge in [0.15, 0.2) is 6.33 Å². The van der Waals surface area contributed by atoms with Gasteiger partial charge in [0.2, 0.25) is 0 Å². The number of hydrogen-bond donors (Lipinski definition) is 0. The van der Waals surface area contributed by atoms with Crippen LogP contribution < -0.4 is 11.1 Å². The molecule has 0 aliphatic carbocycles. The predicted molar refractivity (Wildman–Crippen MR) is 93.9 cm³/mol. The second-order valence-corrected chi connectivity index (χ2v) is 5.93. The van der Waals surface area contributed by atoms with Gasteiger partial charge in [-0.2, -0.15) is 4.80 Å². The standard InChI is InChI=1S/C15H14N10O2/c1-3-4-23-14(26)10-5-13-11(6-12(10)18-21-23)15(27)25(22-19-13)9(2)7-24-17-8-16-20-24/h3,5-6,8-9H,1,4,7H2,2H3/t9-/m1/s1. The third kappa shape index (κ3) is 2.86. The molecular weight excluding hydrogens is 352 g/mol. The second kappa shape index (κ2) is 6.48. The molecule has 0 aliphatic heterocycles. The van der Waals surface area contributed by atoms with Gasteiger partial charge in [-0.15, -0.1) is 27.0 Å². The van der Waals surface area contributed by atoms with Crippen molar-refractivity contribution in [3.05, 3.63) is 51.8 Å². The molecule has 1 aromatic carbocycles. The molecule has 0 amide bonds. The lowest BCUT2D eigenvalue weighted by atomic mass is 10.2. The first-order valence-electron chi connectivity index (χ1n) is 8.07. The lowest BCUT2D eigenvalue weighted by molar-refractivity contribution is 0.354. The second-order valence-electron chi connectivity index (χ2n) is 5.93. The Morgan fingerprint density at radius 1 is 1.07 bits per heavy atom. The molecule has 0 saturated heterocycles. The molecule has 0 aliphatic rings. The van der Waals surface area contributed by atoms with Gasteiger partial charge < -0.3 is 0 Å². The molecule has 136 valence electrons. The Bertz CT molecular complexity index is 1260. The van der Waals surface area contributed by atoms with Crippen molar-refractivity contribution in [1.82, 2.24) is 50.2 Å². The van der Waals surface area contributed by atoms with E-state index in [2.05, 4.69) is 42.6 Å². The van der Waals surface area contributed by atoms with Crippen molar-refractivity contribution in [2.75, 3.05) is 0 Å². The largest absolute Gasteiger partial charge is 0.277 e. The van der Waals surface area contributed by atoms with Gasteiger partial charge in [0.1, 0.15) is 11.0 Å². The van der Waals surface area contributed by atoms with Crippen molar-refractivity contribution in [2.45, 2.75) is 26.1 Å². The molecule has 12 heteroatoms. The van der Waals surface area contributed by atoms with Gasteiger partial charge in [0.25, 0.3) is 11.1 Å². The number of aromatic nitrogens is 10. The highest BCUT2D eigenvalue weighted by Gasteiger charge is 2.15. The molecule has 0 spiro atoms. The summed E-state index contributed by atoms with van der Waals surface area (Å²) in [5.74, 6) is 0. The number of hydrogen-bond acceptors (Lipinski definition) is 9. The van der Waals surface area contributed by atoms with Crippen LogP contribution >= 0.6 is 0 Å². The molecule has 4 aromatic rings. The van der Waals surface area contributed by atoms with Crippen molar-refractivity contribution in [3.8, 4) is 0 Å². The third-order valence-corrected chi connectivity index (χ3v) is 4.07. The lowest BCUT2D eigenvalue weighted by Crippen LogP contribution is -2.30. The molecular formula is C15H14N10O2. The molecule has 0 unspecified atom stereocenters. The van der Waals surface area contributed by atoms with Crippen LogP contribution in [0.25, 0.3) is 21.8 Å². The van der Waals surface area contributed by atoms with Crippen LogP contribution in [0.2, 0.25) is 0 Å². The van der Waals surface area contributed by atoms with Gasteiger partial charge in [-0.1, -0.05) is 16.5 Å².